The molecule has 0 N–H and O–H groups in total. The normalized spacial score (nSPS) is 23.1. The van der Waals surface area contributed by atoms with Crippen molar-refractivity contribution in [2.24, 2.45) is 17.3 Å². The van der Waals surface area contributed by atoms with Crippen LogP contribution in [0.25, 0.3) is 5.57 Å². The molecule has 0 bridgehead atoms. The summed E-state index contributed by atoms with van der Waals surface area (Å²) in [5.74, 6) is 1.04. The van der Waals surface area contributed by atoms with Crippen LogP contribution in [0.2, 0.25) is 0 Å². The highest BCUT2D eigenvalue weighted by molar-refractivity contribution is 5.86. The van der Waals surface area contributed by atoms with E-state index in [1.54, 1.807) is 5.57 Å². The molecular weight excluding hydrogens is 496 g/mol. The number of hydrogen-bond donors (Lipinski definition) is 0. The highest BCUT2D eigenvalue weighted by atomic mass is 15.2. The third-order valence-corrected chi connectivity index (χ3v) is 9.43. The average Bonchev–Trinajstić information content (AvgIpc) is 3.69. The van der Waals surface area contributed by atoms with Crippen LogP contribution in [0.15, 0.2) is 151 Å². The maximum absolute atomic E-state index is 2.52. The second-order valence-electron chi connectivity index (χ2n) is 11.9. The van der Waals surface area contributed by atoms with Crippen molar-refractivity contribution < 1.29 is 0 Å². The number of anilines is 4. The lowest BCUT2D eigenvalue weighted by molar-refractivity contribution is 0.634. The molecule has 4 aliphatic carbocycles. The Hall–Kier alpha value is -4.56. The Morgan fingerprint density at radius 3 is 2.02 bits per heavy atom. The minimum Gasteiger partial charge on any atom is -0.341 e. The molecule has 1 saturated carbocycles. The largest absolute Gasteiger partial charge is 0.341 e. The smallest absolute Gasteiger partial charge is 0.0458 e. The van der Waals surface area contributed by atoms with Gasteiger partial charge in [-0.2, -0.15) is 0 Å². The molecule has 3 atom stereocenters. The maximum atomic E-state index is 2.52. The second-order valence-corrected chi connectivity index (χ2v) is 11.9. The van der Waals surface area contributed by atoms with E-state index < -0.39 is 0 Å². The summed E-state index contributed by atoms with van der Waals surface area (Å²) in [5, 5.41) is 0. The number of hydrogen-bond acceptors (Lipinski definition) is 2. The van der Waals surface area contributed by atoms with E-state index >= 15 is 0 Å². The predicted molar refractivity (Wildman–Crippen MR) is 172 cm³/mol. The monoisotopic (exact) mass is 530 g/mol. The summed E-state index contributed by atoms with van der Waals surface area (Å²) in [6.45, 7) is 0.981. The van der Waals surface area contributed by atoms with E-state index in [1.165, 1.54) is 46.0 Å². The summed E-state index contributed by atoms with van der Waals surface area (Å²) in [7, 11) is 0. The van der Waals surface area contributed by atoms with Crippen LogP contribution in [-0.4, -0.2) is 6.54 Å². The molecule has 0 aromatic heterocycles. The van der Waals surface area contributed by atoms with Gasteiger partial charge < -0.3 is 9.80 Å². The van der Waals surface area contributed by atoms with E-state index in [-0.39, 0.29) is 5.41 Å². The van der Waals surface area contributed by atoms with Crippen LogP contribution in [0, 0.1) is 17.3 Å². The molecule has 0 aliphatic heterocycles. The summed E-state index contributed by atoms with van der Waals surface area (Å²) in [6, 6.07) is 39.8. The zero-order valence-electron chi connectivity index (χ0n) is 23.2. The first-order valence-corrected chi connectivity index (χ1v) is 14.9. The Morgan fingerprint density at radius 2 is 1.37 bits per heavy atom. The minimum absolute atomic E-state index is 0.224. The Morgan fingerprint density at radius 1 is 0.683 bits per heavy atom. The third-order valence-electron chi connectivity index (χ3n) is 9.43. The van der Waals surface area contributed by atoms with Gasteiger partial charge in [0.1, 0.15) is 0 Å². The van der Waals surface area contributed by atoms with Gasteiger partial charge in [0.25, 0.3) is 0 Å². The molecule has 4 aromatic carbocycles. The van der Waals surface area contributed by atoms with E-state index in [1.807, 2.05) is 0 Å². The number of nitrogens with zero attached hydrogens (tertiary/aromatic N) is 2. The van der Waals surface area contributed by atoms with Crippen LogP contribution in [0.4, 0.5) is 22.7 Å². The molecule has 41 heavy (non-hydrogen) atoms. The third kappa shape index (κ3) is 4.17. The minimum atomic E-state index is 0.224. The SMILES string of the molecule is C1=CCC(CN(c2ccccc2)c2ccc3c(c2)CC24CC2C(N(c2ccccc2)c2ccccc2)=CC=C34)C=C1. The zero-order chi connectivity index (χ0) is 27.2. The molecule has 200 valence electrons. The van der Waals surface area contributed by atoms with Gasteiger partial charge in [-0.15, -0.1) is 0 Å². The van der Waals surface area contributed by atoms with Crippen LogP contribution in [0.1, 0.15) is 24.0 Å². The van der Waals surface area contributed by atoms with Gasteiger partial charge in [0.15, 0.2) is 0 Å². The van der Waals surface area contributed by atoms with E-state index in [0.717, 1.165) is 19.4 Å². The van der Waals surface area contributed by atoms with Crippen LogP contribution in [0.5, 0.6) is 0 Å². The molecular formula is C39H34N2. The van der Waals surface area contributed by atoms with E-state index in [4.69, 9.17) is 0 Å². The van der Waals surface area contributed by atoms with Crippen molar-refractivity contribution in [1.29, 1.82) is 0 Å². The molecule has 1 spiro atoms. The van der Waals surface area contributed by atoms with E-state index in [2.05, 4.69) is 155 Å². The molecule has 0 heterocycles. The lowest BCUT2D eigenvalue weighted by Crippen LogP contribution is -2.24. The summed E-state index contributed by atoms with van der Waals surface area (Å²) in [6.07, 6.45) is 17.3. The zero-order valence-corrected chi connectivity index (χ0v) is 23.2. The lowest BCUT2D eigenvalue weighted by Gasteiger charge is -2.31. The Balaban J connectivity index is 1.14. The first-order valence-electron chi connectivity index (χ1n) is 14.9. The van der Waals surface area contributed by atoms with Crippen molar-refractivity contribution in [3.63, 3.8) is 0 Å². The second kappa shape index (κ2) is 9.82. The van der Waals surface area contributed by atoms with E-state index in [9.17, 15) is 0 Å². The van der Waals surface area contributed by atoms with Gasteiger partial charge >= 0.3 is 0 Å². The number of allylic oxidation sites excluding steroid dienone is 7. The molecule has 2 nitrogen and oxygen atoms in total. The van der Waals surface area contributed by atoms with Crippen LogP contribution < -0.4 is 9.80 Å². The Labute approximate surface area is 243 Å². The molecule has 0 radical (unpaired) electrons. The Bertz CT molecular complexity index is 1660. The van der Waals surface area contributed by atoms with Crippen molar-refractivity contribution in [2.45, 2.75) is 19.3 Å². The molecule has 0 amide bonds. The number of rotatable bonds is 7. The standard InChI is InChI=1S/C39H34N2/c1-5-13-29(14-6-1)28-40(31-15-7-2-8-16-31)34-21-22-35-30(25-34)26-39-27-37(39)38(24-23-36(35)39)41(32-17-9-3-10-18-32)33-19-11-4-12-20-33/h1-13,15-25,29,37H,14,26-28H2. The van der Waals surface area contributed by atoms with Gasteiger partial charge in [0.2, 0.25) is 0 Å². The predicted octanol–water partition coefficient (Wildman–Crippen LogP) is 9.64. The van der Waals surface area contributed by atoms with Gasteiger partial charge in [-0.3, -0.25) is 0 Å². The summed E-state index contributed by atoms with van der Waals surface area (Å²) in [5.41, 5.74) is 11.2. The van der Waals surface area contributed by atoms with E-state index in [0.29, 0.717) is 11.8 Å². The molecule has 4 aliphatic rings. The van der Waals surface area contributed by atoms with Crippen molar-refractivity contribution in [1.82, 2.24) is 0 Å². The fourth-order valence-corrected chi connectivity index (χ4v) is 7.39. The Kier molecular flexibility index (Phi) is 5.81. The summed E-state index contributed by atoms with van der Waals surface area (Å²) < 4.78 is 0. The molecule has 4 aromatic rings. The van der Waals surface area contributed by atoms with Crippen LogP contribution in [0.3, 0.4) is 0 Å². The fraction of sp³-hybridized carbons (Fsp3) is 0.179. The van der Waals surface area contributed by atoms with Gasteiger partial charge in [-0.05, 0) is 96.5 Å². The highest BCUT2D eigenvalue weighted by Crippen LogP contribution is 2.71. The molecule has 1 fully saturated rings. The first kappa shape index (κ1) is 24.3. The van der Waals surface area contributed by atoms with Gasteiger partial charge in [0.05, 0.1) is 0 Å². The topological polar surface area (TPSA) is 6.48 Å². The fourth-order valence-electron chi connectivity index (χ4n) is 7.39. The van der Waals surface area contributed by atoms with Gasteiger partial charge in [-0.25, -0.2) is 0 Å². The summed E-state index contributed by atoms with van der Waals surface area (Å²) >= 11 is 0. The number of fused-ring (bicyclic) bond motifs is 2. The lowest BCUT2D eigenvalue weighted by atomic mass is 9.88. The number of benzene rings is 4. The quantitative estimate of drug-likeness (QED) is 0.235. The van der Waals surface area contributed by atoms with Crippen LogP contribution >= 0.6 is 0 Å². The van der Waals surface area contributed by atoms with Crippen molar-refractivity contribution in [3.05, 3.63) is 162 Å². The molecule has 8 rings (SSSR count). The molecule has 3 unspecified atom stereocenters. The molecule has 2 heteroatoms. The van der Waals surface area contributed by atoms with Gasteiger partial charge in [-0.1, -0.05) is 91.0 Å². The highest BCUT2D eigenvalue weighted by Gasteiger charge is 2.63. The van der Waals surface area contributed by atoms with Gasteiger partial charge in [0, 0.05) is 46.3 Å². The van der Waals surface area contributed by atoms with Crippen LogP contribution in [-0.2, 0) is 6.42 Å². The van der Waals surface area contributed by atoms with Crippen molar-refractivity contribution in [2.75, 3.05) is 16.3 Å². The number of para-hydroxylation sites is 3. The molecule has 0 saturated heterocycles. The maximum Gasteiger partial charge on any atom is 0.0458 e. The average molecular weight is 531 g/mol. The van der Waals surface area contributed by atoms with Crippen molar-refractivity contribution >= 4 is 28.3 Å². The van der Waals surface area contributed by atoms with Crippen molar-refractivity contribution in [3.8, 4) is 0 Å². The summed E-state index contributed by atoms with van der Waals surface area (Å²) in [4.78, 5) is 4.99. The first-order chi connectivity index (χ1) is 20.3.